The van der Waals surface area contributed by atoms with E-state index in [2.05, 4.69) is 17.2 Å². The molecule has 2 N–H and O–H groups in total. The highest BCUT2D eigenvalue weighted by molar-refractivity contribution is 5.85. The summed E-state index contributed by atoms with van der Waals surface area (Å²) in [7, 11) is 0. The van der Waals surface area contributed by atoms with Gasteiger partial charge in [-0.15, -0.1) is 12.4 Å². The first-order chi connectivity index (χ1) is 13.7. The van der Waals surface area contributed by atoms with Crippen molar-refractivity contribution in [3.8, 4) is 23.0 Å². The molecule has 1 saturated carbocycles. The summed E-state index contributed by atoms with van der Waals surface area (Å²) < 4.78 is 8.01. The van der Waals surface area contributed by atoms with E-state index in [1.165, 1.54) is 12.8 Å². The molecular formula is C21H28ClN5O2. The molecule has 0 atom stereocenters. The Morgan fingerprint density at radius 2 is 2.00 bits per heavy atom. The summed E-state index contributed by atoms with van der Waals surface area (Å²) >= 11 is 0. The number of aromatic nitrogens is 4. The fourth-order valence-electron chi connectivity index (χ4n) is 3.72. The molecule has 3 aliphatic rings. The second-order valence-corrected chi connectivity index (χ2v) is 7.22. The first-order valence-electron chi connectivity index (χ1n) is 10.1. The number of aromatic hydroxyl groups is 1. The molecule has 1 fully saturated rings. The summed E-state index contributed by atoms with van der Waals surface area (Å²) in [5.74, 6) is 3.08. The van der Waals surface area contributed by atoms with E-state index in [0.717, 1.165) is 54.7 Å². The molecule has 2 heterocycles. The molecule has 8 heteroatoms. The normalized spacial score (nSPS) is 14.1. The second kappa shape index (κ2) is 9.31. The third-order valence-corrected chi connectivity index (χ3v) is 5.18. The number of nitrogens with one attached hydrogen (secondary N) is 1. The van der Waals surface area contributed by atoms with Crippen LogP contribution in [0.1, 0.15) is 50.9 Å². The predicted octanol–water partition coefficient (Wildman–Crippen LogP) is 4.27. The molecule has 2 aliphatic heterocycles. The molecular weight excluding hydrogens is 390 g/mol. The van der Waals surface area contributed by atoms with E-state index in [-0.39, 0.29) is 24.3 Å². The summed E-state index contributed by atoms with van der Waals surface area (Å²) in [5, 5.41) is 13.4. The molecule has 4 rings (SSSR count). The highest BCUT2D eigenvalue weighted by Gasteiger charge is 2.21. The topological polar surface area (TPSA) is 85.1 Å². The molecule has 0 spiro atoms. The average molecular weight is 418 g/mol. The van der Waals surface area contributed by atoms with Crippen molar-refractivity contribution >= 4 is 18.2 Å². The number of hydrogen-bond acceptors (Lipinski definition) is 6. The lowest BCUT2D eigenvalue weighted by Crippen LogP contribution is -2.11. The minimum Gasteiger partial charge on any atom is -0.504 e. The molecule has 0 aromatic heterocycles. The Morgan fingerprint density at radius 3 is 2.72 bits per heavy atom. The number of hydrogen-bond donors (Lipinski definition) is 2. The van der Waals surface area contributed by atoms with Crippen molar-refractivity contribution in [2.24, 2.45) is 0 Å². The SMILES string of the molecule is CCNc1ncn(CC)c2nc(Cc3ccc(O)c(OC4CCCC4)c3)nc1-2.Cl. The molecule has 0 saturated heterocycles. The van der Waals surface area contributed by atoms with Gasteiger partial charge in [0.25, 0.3) is 0 Å². The van der Waals surface area contributed by atoms with Gasteiger partial charge in [-0.1, -0.05) is 6.07 Å². The van der Waals surface area contributed by atoms with Crippen molar-refractivity contribution in [2.45, 2.75) is 58.6 Å². The van der Waals surface area contributed by atoms with E-state index in [1.54, 1.807) is 12.4 Å². The number of ether oxygens (including phenoxy) is 1. The van der Waals surface area contributed by atoms with Gasteiger partial charge in [-0.25, -0.2) is 15.0 Å². The summed E-state index contributed by atoms with van der Waals surface area (Å²) in [6.45, 7) is 5.66. The number of benzene rings is 1. The minimum absolute atomic E-state index is 0. The Morgan fingerprint density at radius 1 is 1.21 bits per heavy atom. The molecule has 29 heavy (non-hydrogen) atoms. The fraction of sp³-hybridized carbons (Fsp3) is 0.476. The van der Waals surface area contributed by atoms with Crippen LogP contribution in [0.5, 0.6) is 11.5 Å². The molecule has 0 amide bonds. The van der Waals surface area contributed by atoms with E-state index in [1.807, 2.05) is 23.6 Å². The average Bonchev–Trinajstić information content (AvgIpc) is 3.35. The number of fused-ring (bicyclic) bond motifs is 1. The van der Waals surface area contributed by atoms with Crippen LogP contribution in [0.15, 0.2) is 24.5 Å². The molecule has 1 aromatic carbocycles. The van der Waals surface area contributed by atoms with Gasteiger partial charge < -0.3 is 19.7 Å². The molecule has 1 aromatic rings. The van der Waals surface area contributed by atoms with Gasteiger partial charge in [-0.2, -0.15) is 0 Å². The van der Waals surface area contributed by atoms with Crippen LogP contribution in [0.25, 0.3) is 11.5 Å². The predicted molar refractivity (Wildman–Crippen MR) is 115 cm³/mol. The van der Waals surface area contributed by atoms with E-state index in [0.29, 0.717) is 12.2 Å². The van der Waals surface area contributed by atoms with Gasteiger partial charge in [-0.3, -0.25) is 0 Å². The van der Waals surface area contributed by atoms with Crippen molar-refractivity contribution in [2.75, 3.05) is 11.9 Å². The van der Waals surface area contributed by atoms with Crippen LogP contribution in [0.4, 0.5) is 5.82 Å². The van der Waals surface area contributed by atoms with Crippen molar-refractivity contribution < 1.29 is 9.84 Å². The Balaban J connectivity index is 0.00000240. The monoisotopic (exact) mass is 417 g/mol. The van der Waals surface area contributed by atoms with E-state index >= 15 is 0 Å². The lowest BCUT2D eigenvalue weighted by atomic mass is 10.1. The summed E-state index contributed by atoms with van der Waals surface area (Å²) in [5.41, 5.74) is 1.81. The maximum absolute atomic E-state index is 10.2. The Labute approximate surface area is 177 Å². The van der Waals surface area contributed by atoms with E-state index < -0.39 is 0 Å². The zero-order valence-corrected chi connectivity index (χ0v) is 17.7. The summed E-state index contributed by atoms with van der Waals surface area (Å²) in [6, 6.07) is 5.50. The highest BCUT2D eigenvalue weighted by Crippen LogP contribution is 2.33. The van der Waals surface area contributed by atoms with Gasteiger partial charge >= 0.3 is 0 Å². The van der Waals surface area contributed by atoms with Crippen LogP contribution < -0.4 is 10.1 Å². The summed E-state index contributed by atoms with van der Waals surface area (Å²) in [4.78, 5) is 13.9. The zero-order valence-electron chi connectivity index (χ0n) is 16.9. The van der Waals surface area contributed by atoms with Crippen molar-refractivity contribution in [1.29, 1.82) is 0 Å². The second-order valence-electron chi connectivity index (χ2n) is 7.22. The van der Waals surface area contributed by atoms with Crippen LogP contribution in [-0.2, 0) is 13.0 Å². The number of imidazole rings is 1. The van der Waals surface area contributed by atoms with Crippen LogP contribution in [0, 0.1) is 0 Å². The van der Waals surface area contributed by atoms with Crippen molar-refractivity contribution in [3.63, 3.8) is 0 Å². The van der Waals surface area contributed by atoms with Gasteiger partial charge in [0.15, 0.2) is 28.8 Å². The Kier molecular flexibility index (Phi) is 6.79. The van der Waals surface area contributed by atoms with Crippen LogP contribution in [-0.4, -0.2) is 37.3 Å². The quantitative estimate of drug-likeness (QED) is 0.597. The molecule has 0 unspecified atom stereocenters. The third-order valence-electron chi connectivity index (χ3n) is 5.18. The lowest BCUT2D eigenvalue weighted by Gasteiger charge is -2.15. The molecule has 1 aliphatic carbocycles. The standard InChI is InChI=1S/C21H27N5O2.ClH/c1-3-22-20-19-21(26(4-2)13-23-20)25-18(24-19)12-14-9-10-16(27)17(11-14)28-15-7-5-6-8-15;/h9-11,13,15,22,27H,3-8,12H2,1-2H3;1H. The third kappa shape index (κ3) is 4.56. The first-order valence-corrected chi connectivity index (χ1v) is 10.1. The minimum atomic E-state index is 0. The Bertz CT molecular complexity index is 924. The van der Waals surface area contributed by atoms with Crippen LogP contribution in [0.3, 0.4) is 0 Å². The maximum Gasteiger partial charge on any atom is 0.165 e. The molecule has 0 bridgehead atoms. The summed E-state index contributed by atoms with van der Waals surface area (Å²) in [6.07, 6.45) is 7.07. The van der Waals surface area contributed by atoms with Crippen LogP contribution in [0.2, 0.25) is 0 Å². The molecule has 156 valence electrons. The van der Waals surface area contributed by atoms with E-state index in [4.69, 9.17) is 14.7 Å². The lowest BCUT2D eigenvalue weighted by molar-refractivity contribution is 0.201. The number of halogens is 1. The number of aryl methyl sites for hydroxylation is 1. The maximum atomic E-state index is 10.2. The van der Waals surface area contributed by atoms with Crippen molar-refractivity contribution in [1.82, 2.24) is 19.5 Å². The largest absolute Gasteiger partial charge is 0.504 e. The number of anilines is 1. The number of phenolic OH excluding ortho intramolecular Hbond substituents is 1. The molecule has 7 nitrogen and oxygen atoms in total. The number of nitrogens with zero attached hydrogens (tertiary/aromatic N) is 4. The zero-order chi connectivity index (χ0) is 19.5. The van der Waals surface area contributed by atoms with Gasteiger partial charge in [0.2, 0.25) is 0 Å². The molecule has 0 radical (unpaired) electrons. The Hall–Kier alpha value is -2.54. The van der Waals surface area contributed by atoms with Gasteiger partial charge in [0.1, 0.15) is 5.82 Å². The fourth-order valence-corrected chi connectivity index (χ4v) is 3.72. The van der Waals surface area contributed by atoms with Crippen LogP contribution >= 0.6 is 12.4 Å². The van der Waals surface area contributed by atoms with Gasteiger partial charge in [0.05, 0.1) is 12.4 Å². The van der Waals surface area contributed by atoms with E-state index in [9.17, 15) is 5.11 Å². The van der Waals surface area contributed by atoms with Crippen molar-refractivity contribution in [3.05, 3.63) is 35.9 Å². The van der Waals surface area contributed by atoms with Gasteiger partial charge in [-0.05, 0) is 57.2 Å². The van der Waals surface area contributed by atoms with Gasteiger partial charge in [0, 0.05) is 19.5 Å². The first kappa shape index (κ1) is 21.2. The number of phenols is 1. The number of rotatable bonds is 7. The highest BCUT2D eigenvalue weighted by atomic mass is 35.5. The smallest absolute Gasteiger partial charge is 0.165 e.